The Morgan fingerprint density at radius 1 is 1.24 bits per heavy atom. The van der Waals surface area contributed by atoms with Crippen molar-refractivity contribution >= 4 is 16.6 Å². The minimum absolute atomic E-state index is 0.790. The topological polar surface area (TPSA) is 34.1 Å². The molecule has 1 N–H and O–H groups in total. The van der Waals surface area contributed by atoms with Crippen LogP contribution in [0.15, 0.2) is 36.5 Å². The van der Waals surface area contributed by atoms with Gasteiger partial charge in [0.15, 0.2) is 0 Å². The van der Waals surface area contributed by atoms with Gasteiger partial charge in [0.25, 0.3) is 0 Å². The smallest absolute Gasteiger partial charge is 0.0722 e. The molecule has 0 bridgehead atoms. The van der Waals surface area contributed by atoms with Gasteiger partial charge in [0.05, 0.1) is 5.52 Å². The third-order valence-corrected chi connectivity index (χ3v) is 2.63. The molecule has 1 heterocycles. The molecule has 1 aromatic heterocycles. The molecular formula is C14H18N2O. The molecule has 0 saturated carbocycles. The number of anilines is 1. The molecule has 0 radical (unpaired) electrons. The van der Waals surface area contributed by atoms with Gasteiger partial charge in [0.2, 0.25) is 0 Å². The molecule has 2 rings (SSSR count). The zero-order valence-corrected chi connectivity index (χ0v) is 10.1. The Bertz CT molecular complexity index is 465. The summed E-state index contributed by atoms with van der Waals surface area (Å²) in [6.07, 6.45) is 2.86. The van der Waals surface area contributed by atoms with Crippen LogP contribution in [0.5, 0.6) is 0 Å². The summed E-state index contributed by atoms with van der Waals surface area (Å²) in [6, 6.07) is 10.2. The van der Waals surface area contributed by atoms with Crippen LogP contribution in [0, 0.1) is 0 Å². The van der Waals surface area contributed by atoms with E-state index < -0.39 is 0 Å². The number of nitrogens with one attached hydrogen (secondary N) is 1. The molecule has 0 aliphatic carbocycles. The van der Waals surface area contributed by atoms with E-state index in [1.165, 1.54) is 5.39 Å². The van der Waals surface area contributed by atoms with E-state index >= 15 is 0 Å². The van der Waals surface area contributed by atoms with Crippen molar-refractivity contribution in [1.82, 2.24) is 4.98 Å². The number of rotatable bonds is 6. The van der Waals surface area contributed by atoms with Crippen LogP contribution in [0.1, 0.15) is 13.3 Å². The minimum atomic E-state index is 0.790. The Morgan fingerprint density at radius 3 is 3.00 bits per heavy atom. The number of para-hydroxylation sites is 1. The van der Waals surface area contributed by atoms with Gasteiger partial charge in [0.1, 0.15) is 0 Å². The predicted octanol–water partition coefficient (Wildman–Crippen LogP) is 3.07. The molecule has 3 nitrogen and oxygen atoms in total. The predicted molar refractivity (Wildman–Crippen MR) is 71.3 cm³/mol. The summed E-state index contributed by atoms with van der Waals surface area (Å²) in [5, 5.41) is 4.60. The third kappa shape index (κ3) is 3.17. The van der Waals surface area contributed by atoms with Crippen molar-refractivity contribution in [3.05, 3.63) is 36.5 Å². The SMILES string of the molecule is CCOCCCNc1ccnc2ccccc12. The highest BCUT2D eigenvalue weighted by molar-refractivity contribution is 5.90. The van der Waals surface area contributed by atoms with Gasteiger partial charge in [-0.05, 0) is 25.5 Å². The van der Waals surface area contributed by atoms with Crippen molar-refractivity contribution in [2.45, 2.75) is 13.3 Å². The van der Waals surface area contributed by atoms with E-state index in [1.54, 1.807) is 0 Å². The van der Waals surface area contributed by atoms with Crippen molar-refractivity contribution in [3.63, 3.8) is 0 Å². The van der Waals surface area contributed by atoms with E-state index in [1.807, 2.05) is 37.4 Å². The van der Waals surface area contributed by atoms with Crippen molar-refractivity contribution in [2.24, 2.45) is 0 Å². The van der Waals surface area contributed by atoms with Crippen LogP contribution in [0.25, 0.3) is 10.9 Å². The fraction of sp³-hybridized carbons (Fsp3) is 0.357. The van der Waals surface area contributed by atoms with Gasteiger partial charge in [-0.1, -0.05) is 18.2 Å². The molecule has 0 spiro atoms. The number of hydrogen-bond acceptors (Lipinski definition) is 3. The monoisotopic (exact) mass is 230 g/mol. The minimum Gasteiger partial charge on any atom is -0.384 e. The summed E-state index contributed by atoms with van der Waals surface area (Å²) in [4.78, 5) is 4.33. The molecule has 0 aliphatic heterocycles. The summed E-state index contributed by atoms with van der Waals surface area (Å²) in [5.41, 5.74) is 2.18. The third-order valence-electron chi connectivity index (χ3n) is 2.63. The van der Waals surface area contributed by atoms with Gasteiger partial charge in [-0.15, -0.1) is 0 Å². The van der Waals surface area contributed by atoms with Gasteiger partial charge in [0, 0.05) is 37.0 Å². The lowest BCUT2D eigenvalue weighted by molar-refractivity contribution is 0.147. The summed E-state index contributed by atoms with van der Waals surface area (Å²) >= 11 is 0. The molecule has 90 valence electrons. The lowest BCUT2D eigenvalue weighted by Gasteiger charge is -2.09. The van der Waals surface area contributed by atoms with E-state index in [9.17, 15) is 0 Å². The summed E-state index contributed by atoms with van der Waals surface area (Å²) < 4.78 is 5.31. The maximum absolute atomic E-state index is 5.31. The van der Waals surface area contributed by atoms with Crippen LogP contribution < -0.4 is 5.32 Å². The zero-order valence-electron chi connectivity index (χ0n) is 10.1. The lowest BCUT2D eigenvalue weighted by atomic mass is 10.2. The Balaban J connectivity index is 1.98. The Kier molecular flexibility index (Phi) is 4.33. The molecule has 0 aliphatic rings. The van der Waals surface area contributed by atoms with Gasteiger partial charge < -0.3 is 10.1 Å². The first-order chi connectivity index (χ1) is 8.42. The number of hydrogen-bond donors (Lipinski definition) is 1. The molecule has 0 unspecified atom stereocenters. The van der Waals surface area contributed by atoms with E-state index in [4.69, 9.17) is 4.74 Å². The average Bonchev–Trinajstić information content (AvgIpc) is 2.39. The molecule has 0 atom stereocenters. The van der Waals surface area contributed by atoms with Gasteiger partial charge in [-0.25, -0.2) is 0 Å². The van der Waals surface area contributed by atoms with Gasteiger partial charge >= 0.3 is 0 Å². The maximum Gasteiger partial charge on any atom is 0.0722 e. The van der Waals surface area contributed by atoms with Crippen LogP contribution in [0.4, 0.5) is 5.69 Å². The second-order valence-corrected chi connectivity index (χ2v) is 3.85. The fourth-order valence-corrected chi connectivity index (χ4v) is 1.79. The summed E-state index contributed by atoms with van der Waals surface area (Å²) in [5.74, 6) is 0. The van der Waals surface area contributed by atoms with Gasteiger partial charge in [-0.2, -0.15) is 0 Å². The second kappa shape index (κ2) is 6.21. The van der Waals surface area contributed by atoms with Crippen molar-refractivity contribution in [1.29, 1.82) is 0 Å². The van der Waals surface area contributed by atoms with E-state index in [0.717, 1.165) is 37.4 Å². The molecule has 17 heavy (non-hydrogen) atoms. The Labute approximate surface area is 102 Å². The zero-order chi connectivity index (χ0) is 11.9. The van der Waals surface area contributed by atoms with E-state index in [2.05, 4.69) is 16.4 Å². The lowest BCUT2D eigenvalue weighted by Crippen LogP contribution is -2.06. The number of benzene rings is 1. The molecule has 2 aromatic rings. The van der Waals surface area contributed by atoms with Gasteiger partial charge in [-0.3, -0.25) is 4.98 Å². The average molecular weight is 230 g/mol. The van der Waals surface area contributed by atoms with Crippen molar-refractivity contribution in [2.75, 3.05) is 25.1 Å². The molecule has 0 saturated heterocycles. The van der Waals surface area contributed by atoms with Crippen LogP contribution in [-0.2, 0) is 4.74 Å². The number of ether oxygens (including phenoxy) is 1. The second-order valence-electron chi connectivity index (χ2n) is 3.85. The molecular weight excluding hydrogens is 212 g/mol. The highest BCUT2D eigenvalue weighted by Gasteiger charge is 1.99. The first kappa shape index (κ1) is 11.9. The molecule has 3 heteroatoms. The van der Waals surface area contributed by atoms with Crippen molar-refractivity contribution in [3.8, 4) is 0 Å². The maximum atomic E-state index is 5.31. The van der Waals surface area contributed by atoms with E-state index in [0.29, 0.717) is 0 Å². The first-order valence-corrected chi connectivity index (χ1v) is 6.07. The van der Waals surface area contributed by atoms with E-state index in [-0.39, 0.29) is 0 Å². The Hall–Kier alpha value is -1.61. The van der Waals surface area contributed by atoms with Crippen molar-refractivity contribution < 1.29 is 4.74 Å². The molecule has 0 amide bonds. The number of nitrogens with zero attached hydrogens (tertiary/aromatic N) is 1. The Morgan fingerprint density at radius 2 is 2.12 bits per heavy atom. The quantitative estimate of drug-likeness (QED) is 0.774. The highest BCUT2D eigenvalue weighted by Crippen LogP contribution is 2.20. The van der Waals surface area contributed by atoms with Crippen LogP contribution in [0.3, 0.4) is 0 Å². The number of fused-ring (bicyclic) bond motifs is 1. The normalized spacial score (nSPS) is 10.6. The van der Waals surface area contributed by atoms with Crippen LogP contribution >= 0.6 is 0 Å². The van der Waals surface area contributed by atoms with Crippen LogP contribution in [0.2, 0.25) is 0 Å². The fourth-order valence-electron chi connectivity index (χ4n) is 1.79. The number of aromatic nitrogens is 1. The number of pyridine rings is 1. The highest BCUT2D eigenvalue weighted by atomic mass is 16.5. The molecule has 1 aromatic carbocycles. The summed E-state index contributed by atoms with van der Waals surface area (Å²) in [6.45, 7) is 4.54. The largest absolute Gasteiger partial charge is 0.384 e. The molecule has 0 fully saturated rings. The summed E-state index contributed by atoms with van der Waals surface area (Å²) in [7, 11) is 0. The standard InChI is InChI=1S/C14H18N2O/c1-2-17-11-5-9-15-14-8-10-16-13-7-4-3-6-12(13)14/h3-4,6-8,10H,2,5,9,11H2,1H3,(H,15,16). The first-order valence-electron chi connectivity index (χ1n) is 6.07. The van der Waals surface area contributed by atoms with Crippen LogP contribution in [-0.4, -0.2) is 24.7 Å².